The minimum absolute atomic E-state index is 0.486. The fourth-order valence-corrected chi connectivity index (χ4v) is 1.83. The second-order valence-electron chi connectivity index (χ2n) is 3.44. The predicted molar refractivity (Wildman–Crippen MR) is 48.6 cm³/mol. The maximum Gasteiger partial charge on any atom is 0.168 e. The van der Waals surface area contributed by atoms with Crippen LogP contribution >= 0.6 is 0 Å². The lowest BCUT2D eigenvalue weighted by molar-refractivity contribution is 0.111. The molecule has 68 valence electrons. The van der Waals surface area contributed by atoms with Gasteiger partial charge in [0.25, 0.3) is 0 Å². The molecule has 13 heavy (non-hydrogen) atoms. The summed E-state index contributed by atoms with van der Waals surface area (Å²) in [6.07, 6.45) is 7.31. The number of carbonyl (C=O) groups is 1. The van der Waals surface area contributed by atoms with Crippen LogP contribution in [0.25, 0.3) is 0 Å². The van der Waals surface area contributed by atoms with E-state index in [1.165, 1.54) is 25.7 Å². The Morgan fingerprint density at radius 2 is 2.15 bits per heavy atom. The summed E-state index contributed by atoms with van der Waals surface area (Å²) < 4.78 is 0. The Labute approximate surface area is 77.2 Å². The van der Waals surface area contributed by atoms with E-state index in [1.54, 1.807) is 12.3 Å². The van der Waals surface area contributed by atoms with E-state index in [9.17, 15) is 4.79 Å². The van der Waals surface area contributed by atoms with Gasteiger partial charge in [0.2, 0.25) is 0 Å². The molecule has 1 aliphatic rings. The van der Waals surface area contributed by atoms with Crippen LogP contribution in [-0.4, -0.2) is 16.3 Å². The molecule has 0 N–H and O–H groups in total. The van der Waals surface area contributed by atoms with Crippen LogP contribution in [0.3, 0.4) is 0 Å². The van der Waals surface area contributed by atoms with Crippen LogP contribution in [0, 0.1) is 0 Å². The number of aldehydes is 1. The highest BCUT2D eigenvalue weighted by Gasteiger charge is 2.19. The smallest absolute Gasteiger partial charge is 0.168 e. The van der Waals surface area contributed by atoms with Crippen LogP contribution in [0.2, 0.25) is 0 Å². The Bertz CT molecular complexity index is 306. The van der Waals surface area contributed by atoms with Crippen LogP contribution in [0.15, 0.2) is 12.3 Å². The Hall–Kier alpha value is -1.25. The van der Waals surface area contributed by atoms with Crippen LogP contribution in [0.1, 0.15) is 47.9 Å². The van der Waals surface area contributed by atoms with Gasteiger partial charge in [-0.15, -0.1) is 0 Å². The average Bonchev–Trinajstić information content (AvgIpc) is 2.71. The summed E-state index contributed by atoms with van der Waals surface area (Å²) in [5.74, 6) is 1.34. The Morgan fingerprint density at radius 3 is 2.85 bits per heavy atom. The summed E-state index contributed by atoms with van der Waals surface area (Å²) in [5, 5.41) is 0. The van der Waals surface area contributed by atoms with E-state index in [2.05, 4.69) is 9.97 Å². The zero-order valence-electron chi connectivity index (χ0n) is 7.44. The van der Waals surface area contributed by atoms with Crippen molar-refractivity contribution in [3.63, 3.8) is 0 Å². The number of nitrogens with zero attached hydrogens (tertiary/aromatic N) is 2. The van der Waals surface area contributed by atoms with Crippen LogP contribution in [0.5, 0.6) is 0 Å². The molecule has 3 heteroatoms. The lowest BCUT2D eigenvalue weighted by atomic mass is 10.1. The van der Waals surface area contributed by atoms with Crippen molar-refractivity contribution < 1.29 is 4.79 Å². The third-order valence-corrected chi connectivity index (χ3v) is 2.54. The Kier molecular flexibility index (Phi) is 2.34. The van der Waals surface area contributed by atoms with Crippen molar-refractivity contribution in [2.75, 3.05) is 0 Å². The third kappa shape index (κ3) is 1.74. The van der Waals surface area contributed by atoms with Crippen LogP contribution in [0.4, 0.5) is 0 Å². The molecule has 0 unspecified atom stereocenters. The van der Waals surface area contributed by atoms with Gasteiger partial charge < -0.3 is 0 Å². The van der Waals surface area contributed by atoms with E-state index < -0.39 is 0 Å². The minimum Gasteiger partial charge on any atom is -0.296 e. The van der Waals surface area contributed by atoms with Gasteiger partial charge in [-0.05, 0) is 18.9 Å². The van der Waals surface area contributed by atoms with Gasteiger partial charge in [0.1, 0.15) is 11.5 Å². The zero-order chi connectivity index (χ0) is 9.10. The van der Waals surface area contributed by atoms with E-state index in [0.29, 0.717) is 11.6 Å². The molecular formula is C10H12N2O. The molecule has 1 heterocycles. The molecule has 1 saturated carbocycles. The first kappa shape index (κ1) is 8.35. The summed E-state index contributed by atoms with van der Waals surface area (Å²) in [6.45, 7) is 0. The molecule has 0 atom stereocenters. The van der Waals surface area contributed by atoms with Crippen molar-refractivity contribution in [1.29, 1.82) is 0 Å². The predicted octanol–water partition coefficient (Wildman–Crippen LogP) is 1.95. The van der Waals surface area contributed by atoms with Gasteiger partial charge in [-0.3, -0.25) is 4.79 Å². The highest BCUT2D eigenvalue weighted by molar-refractivity contribution is 5.71. The monoisotopic (exact) mass is 176 g/mol. The maximum absolute atomic E-state index is 10.5. The molecule has 0 bridgehead atoms. The molecule has 0 saturated heterocycles. The normalized spacial score (nSPS) is 17.5. The molecule has 3 nitrogen and oxygen atoms in total. The van der Waals surface area contributed by atoms with Crippen LogP contribution in [-0.2, 0) is 0 Å². The molecule has 0 amide bonds. The summed E-state index contributed by atoms with van der Waals surface area (Å²) in [7, 11) is 0. The van der Waals surface area contributed by atoms with E-state index >= 15 is 0 Å². The molecule has 0 aromatic carbocycles. The summed E-state index contributed by atoms with van der Waals surface area (Å²) in [6, 6.07) is 1.64. The lowest BCUT2D eigenvalue weighted by Gasteiger charge is -2.06. The number of rotatable bonds is 2. The van der Waals surface area contributed by atoms with Crippen molar-refractivity contribution >= 4 is 6.29 Å². The molecule has 0 radical (unpaired) electrons. The Morgan fingerprint density at radius 1 is 1.38 bits per heavy atom. The highest BCUT2D eigenvalue weighted by Crippen LogP contribution is 2.31. The zero-order valence-corrected chi connectivity index (χ0v) is 7.44. The number of carbonyl (C=O) groups excluding carboxylic acids is 1. The van der Waals surface area contributed by atoms with Gasteiger partial charge in [-0.1, -0.05) is 12.8 Å². The summed E-state index contributed by atoms with van der Waals surface area (Å²) in [5.41, 5.74) is 0.497. The number of aromatic nitrogens is 2. The molecule has 1 fully saturated rings. The summed E-state index contributed by atoms with van der Waals surface area (Å²) in [4.78, 5) is 18.9. The van der Waals surface area contributed by atoms with E-state index in [4.69, 9.17) is 0 Å². The first-order chi connectivity index (χ1) is 6.40. The van der Waals surface area contributed by atoms with Crippen LogP contribution < -0.4 is 0 Å². The van der Waals surface area contributed by atoms with Gasteiger partial charge in [-0.2, -0.15) is 0 Å². The second kappa shape index (κ2) is 3.64. The fraction of sp³-hybridized carbons (Fsp3) is 0.500. The van der Waals surface area contributed by atoms with Gasteiger partial charge in [0.05, 0.1) is 0 Å². The van der Waals surface area contributed by atoms with Crippen molar-refractivity contribution in [2.45, 2.75) is 31.6 Å². The quantitative estimate of drug-likeness (QED) is 0.647. The molecule has 1 aromatic rings. The maximum atomic E-state index is 10.5. The Balaban J connectivity index is 2.23. The molecular weight excluding hydrogens is 164 g/mol. The van der Waals surface area contributed by atoms with Gasteiger partial charge >= 0.3 is 0 Å². The topological polar surface area (TPSA) is 42.9 Å². The van der Waals surface area contributed by atoms with Crippen molar-refractivity contribution in [2.24, 2.45) is 0 Å². The molecule has 0 spiro atoms. The van der Waals surface area contributed by atoms with Gasteiger partial charge in [0.15, 0.2) is 6.29 Å². The van der Waals surface area contributed by atoms with Gasteiger partial charge in [0, 0.05) is 12.1 Å². The largest absolute Gasteiger partial charge is 0.296 e. The third-order valence-electron chi connectivity index (χ3n) is 2.54. The highest BCUT2D eigenvalue weighted by atomic mass is 16.1. The molecule has 1 aromatic heterocycles. The minimum atomic E-state index is 0.486. The van der Waals surface area contributed by atoms with Crippen molar-refractivity contribution in [3.05, 3.63) is 23.8 Å². The molecule has 0 aliphatic heterocycles. The van der Waals surface area contributed by atoms with Crippen molar-refractivity contribution in [1.82, 2.24) is 9.97 Å². The van der Waals surface area contributed by atoms with Gasteiger partial charge in [-0.25, -0.2) is 9.97 Å². The average molecular weight is 176 g/mol. The summed E-state index contributed by atoms with van der Waals surface area (Å²) >= 11 is 0. The standard InChI is InChI=1S/C10H12N2O/c13-7-9-5-6-11-10(12-9)8-3-1-2-4-8/h5-8H,1-4H2. The van der Waals surface area contributed by atoms with Crippen molar-refractivity contribution in [3.8, 4) is 0 Å². The molecule has 2 rings (SSSR count). The second-order valence-corrected chi connectivity index (χ2v) is 3.44. The first-order valence-corrected chi connectivity index (χ1v) is 4.68. The van der Waals surface area contributed by atoms with E-state index in [-0.39, 0.29) is 0 Å². The molecule has 1 aliphatic carbocycles. The fourth-order valence-electron chi connectivity index (χ4n) is 1.83. The lowest BCUT2D eigenvalue weighted by Crippen LogP contribution is -2.02. The van der Waals surface area contributed by atoms with E-state index in [0.717, 1.165) is 12.1 Å². The number of hydrogen-bond acceptors (Lipinski definition) is 3. The number of hydrogen-bond donors (Lipinski definition) is 0. The van der Waals surface area contributed by atoms with E-state index in [1.807, 2.05) is 0 Å². The SMILES string of the molecule is O=Cc1ccnc(C2CCCC2)n1. The first-order valence-electron chi connectivity index (χ1n) is 4.68.